The van der Waals surface area contributed by atoms with Crippen LogP contribution in [-0.2, 0) is 23.8 Å². The summed E-state index contributed by atoms with van der Waals surface area (Å²) >= 11 is 6.15. The van der Waals surface area contributed by atoms with E-state index < -0.39 is 11.9 Å². The summed E-state index contributed by atoms with van der Waals surface area (Å²) in [7, 11) is 2.36. The van der Waals surface area contributed by atoms with Crippen LogP contribution in [-0.4, -0.2) is 63.3 Å². The molecule has 8 nitrogen and oxygen atoms in total. The summed E-state index contributed by atoms with van der Waals surface area (Å²) in [6.07, 6.45) is 0.943. The van der Waals surface area contributed by atoms with Gasteiger partial charge in [-0.2, -0.15) is 0 Å². The molecule has 1 amide bonds. The molecule has 140 valence electrons. The largest absolute Gasteiger partial charge is 0.466 e. The van der Waals surface area contributed by atoms with Gasteiger partial charge in [0.2, 0.25) is 0 Å². The van der Waals surface area contributed by atoms with Crippen molar-refractivity contribution in [1.29, 1.82) is 0 Å². The highest BCUT2D eigenvalue weighted by molar-refractivity contribution is 6.33. The molecule has 1 heterocycles. The van der Waals surface area contributed by atoms with Crippen molar-refractivity contribution in [2.75, 3.05) is 45.8 Å². The summed E-state index contributed by atoms with van der Waals surface area (Å²) in [6.45, 7) is 1.97. The first kappa shape index (κ1) is 19.7. The Bertz CT molecular complexity index is 728. The van der Waals surface area contributed by atoms with E-state index in [0.29, 0.717) is 31.9 Å². The number of hydrogen-bond donors (Lipinski definition) is 1. The minimum Gasteiger partial charge on any atom is -0.466 e. The van der Waals surface area contributed by atoms with Crippen LogP contribution in [0.3, 0.4) is 0 Å². The van der Waals surface area contributed by atoms with Crippen molar-refractivity contribution in [1.82, 2.24) is 4.90 Å². The maximum absolute atomic E-state index is 12.6. The fourth-order valence-electron chi connectivity index (χ4n) is 2.28. The zero-order chi connectivity index (χ0) is 19.1. The molecule has 26 heavy (non-hydrogen) atoms. The smallest absolute Gasteiger partial charge is 0.354 e. The number of methoxy groups -OCH3 is 2. The second-order valence-corrected chi connectivity index (χ2v) is 5.70. The number of benzene rings is 1. The summed E-state index contributed by atoms with van der Waals surface area (Å²) in [5.41, 5.74) is 0.504. The highest BCUT2D eigenvalue weighted by atomic mass is 35.5. The lowest BCUT2D eigenvalue weighted by atomic mass is 10.1. The normalized spacial score (nSPS) is 14.6. The van der Waals surface area contributed by atoms with Crippen LogP contribution in [0, 0.1) is 0 Å². The van der Waals surface area contributed by atoms with Gasteiger partial charge in [-0.15, -0.1) is 0 Å². The molecule has 1 aromatic rings. The Hall–Kier alpha value is -2.58. The van der Waals surface area contributed by atoms with E-state index in [9.17, 15) is 14.4 Å². The molecule has 0 aromatic heterocycles. The number of esters is 2. The molecule has 1 fully saturated rings. The van der Waals surface area contributed by atoms with E-state index >= 15 is 0 Å². The predicted octanol–water partition coefficient (Wildman–Crippen LogP) is 1.45. The number of carbonyl (C=O) groups excluding carboxylic acids is 3. The molecule has 0 aliphatic carbocycles. The first-order valence-electron chi connectivity index (χ1n) is 7.77. The average Bonchev–Trinajstić information content (AvgIpc) is 2.68. The third-order valence-electron chi connectivity index (χ3n) is 3.65. The maximum Gasteiger partial charge on any atom is 0.354 e. The van der Waals surface area contributed by atoms with E-state index in [0.717, 1.165) is 6.08 Å². The SMILES string of the molecule is COC(=O)/C=C(/Nc1cc(C(=O)N2CCOCC2)ccc1Cl)C(=O)OC. The number of carbonyl (C=O) groups is 3. The molecule has 9 heteroatoms. The summed E-state index contributed by atoms with van der Waals surface area (Å²) in [6, 6.07) is 4.63. The Morgan fingerprint density at radius 3 is 2.50 bits per heavy atom. The van der Waals surface area contributed by atoms with Gasteiger partial charge in [0.05, 0.1) is 44.2 Å². The van der Waals surface area contributed by atoms with E-state index in [1.165, 1.54) is 26.4 Å². The van der Waals surface area contributed by atoms with E-state index in [-0.39, 0.29) is 22.3 Å². The van der Waals surface area contributed by atoms with Crippen LogP contribution in [0.1, 0.15) is 10.4 Å². The van der Waals surface area contributed by atoms with Gasteiger partial charge in [0.15, 0.2) is 0 Å². The number of nitrogens with zero attached hydrogens (tertiary/aromatic N) is 1. The van der Waals surface area contributed by atoms with Crippen LogP contribution in [0.5, 0.6) is 0 Å². The second-order valence-electron chi connectivity index (χ2n) is 5.30. The lowest BCUT2D eigenvalue weighted by Gasteiger charge is -2.27. The molecule has 0 unspecified atom stereocenters. The number of rotatable bonds is 5. The van der Waals surface area contributed by atoms with Crippen LogP contribution in [0.2, 0.25) is 5.02 Å². The number of halogens is 1. The third kappa shape index (κ3) is 4.96. The van der Waals surface area contributed by atoms with Gasteiger partial charge in [0, 0.05) is 18.7 Å². The molecule has 1 N–H and O–H groups in total. The van der Waals surface area contributed by atoms with Crippen molar-refractivity contribution in [2.45, 2.75) is 0 Å². The first-order chi connectivity index (χ1) is 12.5. The van der Waals surface area contributed by atoms with Crippen molar-refractivity contribution in [3.63, 3.8) is 0 Å². The monoisotopic (exact) mass is 382 g/mol. The molecule has 1 aliphatic rings. The van der Waals surface area contributed by atoms with Crippen molar-refractivity contribution in [2.24, 2.45) is 0 Å². The summed E-state index contributed by atoms with van der Waals surface area (Å²) < 4.78 is 14.4. The zero-order valence-corrected chi connectivity index (χ0v) is 15.2. The molecule has 1 saturated heterocycles. The maximum atomic E-state index is 12.6. The predicted molar refractivity (Wildman–Crippen MR) is 93.9 cm³/mol. The molecule has 1 aromatic carbocycles. The summed E-state index contributed by atoms with van der Waals surface area (Å²) in [5.74, 6) is -1.70. The van der Waals surface area contributed by atoms with Crippen LogP contribution in [0.25, 0.3) is 0 Å². The van der Waals surface area contributed by atoms with Gasteiger partial charge < -0.3 is 24.4 Å². The molecule has 1 aliphatic heterocycles. The highest BCUT2D eigenvalue weighted by Gasteiger charge is 2.20. The number of ether oxygens (including phenoxy) is 3. The van der Waals surface area contributed by atoms with E-state index in [1.54, 1.807) is 11.0 Å². The Morgan fingerprint density at radius 2 is 1.88 bits per heavy atom. The molecule has 0 atom stereocenters. The first-order valence-corrected chi connectivity index (χ1v) is 8.15. The lowest BCUT2D eigenvalue weighted by molar-refractivity contribution is -0.138. The fourth-order valence-corrected chi connectivity index (χ4v) is 2.45. The number of hydrogen-bond acceptors (Lipinski definition) is 7. The molecule has 2 rings (SSSR count). The Labute approximate surface area is 155 Å². The van der Waals surface area contributed by atoms with Gasteiger partial charge in [0.25, 0.3) is 5.91 Å². The quantitative estimate of drug-likeness (QED) is 0.608. The Kier molecular flexibility index (Phi) is 6.99. The number of amides is 1. The van der Waals surface area contributed by atoms with Gasteiger partial charge in [-0.3, -0.25) is 4.79 Å². The number of nitrogens with one attached hydrogen (secondary N) is 1. The Morgan fingerprint density at radius 1 is 1.19 bits per heavy atom. The molecule has 0 saturated carbocycles. The standard InChI is InChI=1S/C17H19ClN2O6/c1-24-15(21)10-14(17(23)25-2)19-13-9-11(3-4-12(13)18)16(22)20-5-7-26-8-6-20/h3-4,9-10,19H,5-8H2,1-2H3/b14-10+. The van der Waals surface area contributed by atoms with Crippen molar-refractivity contribution < 1.29 is 28.6 Å². The molecule has 0 radical (unpaired) electrons. The van der Waals surface area contributed by atoms with Gasteiger partial charge in [-0.1, -0.05) is 11.6 Å². The minimum atomic E-state index is -0.781. The number of morpholine rings is 1. The molecule has 0 bridgehead atoms. The third-order valence-corrected chi connectivity index (χ3v) is 3.98. The van der Waals surface area contributed by atoms with Crippen molar-refractivity contribution in [3.8, 4) is 0 Å². The van der Waals surface area contributed by atoms with Crippen LogP contribution in [0.4, 0.5) is 5.69 Å². The van der Waals surface area contributed by atoms with Crippen LogP contribution < -0.4 is 5.32 Å². The summed E-state index contributed by atoms with van der Waals surface area (Å²) in [5, 5.41) is 2.99. The van der Waals surface area contributed by atoms with E-state index in [1.807, 2.05) is 0 Å². The van der Waals surface area contributed by atoms with Gasteiger partial charge >= 0.3 is 11.9 Å². The second kappa shape index (κ2) is 9.21. The van der Waals surface area contributed by atoms with Crippen LogP contribution in [0.15, 0.2) is 30.0 Å². The molecular weight excluding hydrogens is 364 g/mol. The van der Waals surface area contributed by atoms with Gasteiger partial charge in [-0.25, -0.2) is 9.59 Å². The Balaban J connectivity index is 2.27. The van der Waals surface area contributed by atoms with Crippen LogP contribution >= 0.6 is 11.6 Å². The molecular formula is C17H19ClN2O6. The van der Waals surface area contributed by atoms with Crippen molar-refractivity contribution in [3.05, 3.63) is 40.6 Å². The minimum absolute atomic E-state index is 0.169. The number of anilines is 1. The van der Waals surface area contributed by atoms with Gasteiger partial charge in [-0.05, 0) is 18.2 Å². The molecule has 0 spiro atoms. The van der Waals surface area contributed by atoms with Gasteiger partial charge in [0.1, 0.15) is 5.70 Å². The summed E-state index contributed by atoms with van der Waals surface area (Å²) in [4.78, 5) is 37.6. The lowest BCUT2D eigenvalue weighted by Crippen LogP contribution is -2.40. The van der Waals surface area contributed by atoms with E-state index in [4.69, 9.17) is 16.3 Å². The van der Waals surface area contributed by atoms with E-state index in [2.05, 4.69) is 14.8 Å². The van der Waals surface area contributed by atoms with Crippen molar-refractivity contribution >= 4 is 35.1 Å². The zero-order valence-electron chi connectivity index (χ0n) is 14.4. The topological polar surface area (TPSA) is 94.2 Å². The average molecular weight is 383 g/mol. The highest BCUT2D eigenvalue weighted by Crippen LogP contribution is 2.25. The fraction of sp³-hybridized carbons (Fsp3) is 0.353.